The first kappa shape index (κ1) is 17.1. The number of hydrogen-bond acceptors (Lipinski definition) is 0. The second-order valence-electron chi connectivity index (χ2n) is 5.34. The van der Waals surface area contributed by atoms with E-state index in [2.05, 4.69) is 86.6 Å². The van der Waals surface area contributed by atoms with E-state index in [0.717, 1.165) is 0 Å². The molecule has 0 aliphatic rings. The number of hydrogen-bond donors (Lipinski definition) is 0. The van der Waals surface area contributed by atoms with Gasteiger partial charge in [-0.2, -0.15) is 0 Å². The zero-order valence-electron chi connectivity index (χ0n) is 13.2. The zero-order chi connectivity index (χ0) is 16.1. The van der Waals surface area contributed by atoms with Gasteiger partial charge in [-0.05, 0) is 0 Å². The molecule has 3 rings (SSSR count). The van der Waals surface area contributed by atoms with E-state index >= 15 is 0 Å². The van der Waals surface area contributed by atoms with Crippen LogP contribution in [-0.4, -0.2) is 41.2 Å². The van der Waals surface area contributed by atoms with Crippen LogP contribution in [0.3, 0.4) is 0 Å². The van der Waals surface area contributed by atoms with Crippen molar-refractivity contribution < 1.29 is 0 Å². The Morgan fingerprint density at radius 1 is 0.522 bits per heavy atom. The van der Waals surface area contributed by atoms with Crippen LogP contribution < -0.4 is 17.8 Å². The molecule has 0 N–H and O–H groups in total. The van der Waals surface area contributed by atoms with Crippen LogP contribution in [0.5, 0.6) is 0 Å². The van der Waals surface area contributed by atoms with Gasteiger partial charge in [0.05, 0.1) is 0 Å². The van der Waals surface area contributed by atoms with Crippen LogP contribution in [0, 0.1) is 13.8 Å². The fourth-order valence-electron chi connectivity index (χ4n) is 2.02. The third kappa shape index (κ3) is 5.10. The van der Waals surface area contributed by atoms with E-state index in [0.29, 0.717) is 41.2 Å². The Labute approximate surface area is 156 Å². The molecule has 0 nitrogen and oxygen atoms in total. The van der Waals surface area contributed by atoms with Gasteiger partial charge in [-0.25, -0.2) is 0 Å². The minimum atomic E-state index is 0.412. The molecule has 0 atom stereocenters. The second-order valence-corrected chi connectivity index (χ2v) is 13.9. The molecule has 0 radical (unpaired) electrons. The molecule has 0 saturated carbocycles. The van der Waals surface area contributed by atoms with Crippen molar-refractivity contribution >= 4 is 59.1 Å². The number of benzene rings is 3. The van der Waals surface area contributed by atoms with Gasteiger partial charge < -0.3 is 0 Å². The van der Waals surface area contributed by atoms with E-state index < -0.39 is 0 Å². The Hall–Kier alpha value is -0.782. The normalized spacial score (nSPS) is 10.7. The molecule has 0 amide bonds. The molecule has 0 saturated heterocycles. The first-order valence-corrected chi connectivity index (χ1v) is 15.2. The van der Waals surface area contributed by atoms with Crippen molar-refractivity contribution in [3.05, 3.63) is 83.9 Å². The molecule has 0 aliphatic heterocycles. The predicted octanol–water partition coefficient (Wildman–Crippen LogP) is 1.23. The molecule has 0 unspecified atom stereocenters. The van der Waals surface area contributed by atoms with Crippen LogP contribution in [-0.2, 0) is 0 Å². The van der Waals surface area contributed by atoms with Gasteiger partial charge in [-0.15, -0.1) is 0 Å². The maximum absolute atomic E-state index is 2.33. The number of aryl methyl sites for hydroxylation is 2. The molecule has 0 bridgehead atoms. The average Bonchev–Trinajstić information content (AvgIpc) is 2.58. The molecule has 116 valence electrons. The van der Waals surface area contributed by atoms with Gasteiger partial charge >= 0.3 is 157 Å². The van der Waals surface area contributed by atoms with E-state index in [-0.39, 0.29) is 0 Å². The zero-order valence-corrected chi connectivity index (χ0v) is 18.3. The van der Waals surface area contributed by atoms with Crippen LogP contribution in [0.1, 0.15) is 11.1 Å². The summed E-state index contributed by atoms with van der Waals surface area (Å²) in [4.78, 5) is 0. The molecule has 3 heteroatoms. The van der Waals surface area contributed by atoms with Crippen molar-refractivity contribution in [1.29, 1.82) is 0 Å². The molecule has 0 heterocycles. The Kier molecular flexibility index (Phi) is 6.20. The van der Waals surface area contributed by atoms with E-state index in [9.17, 15) is 0 Å². The van der Waals surface area contributed by atoms with Gasteiger partial charge in [0.2, 0.25) is 0 Å². The summed E-state index contributed by atoms with van der Waals surface area (Å²) in [6.07, 6.45) is 0. The molecule has 0 aromatic heterocycles. The fraction of sp³-hybridized carbons (Fsp3) is 0.100. The van der Waals surface area contributed by atoms with Gasteiger partial charge in [-0.1, -0.05) is 0 Å². The van der Waals surface area contributed by atoms with Gasteiger partial charge in [0.25, 0.3) is 0 Å². The van der Waals surface area contributed by atoms with Crippen molar-refractivity contribution in [2.75, 3.05) is 0 Å². The minimum absolute atomic E-state index is 0.412. The third-order valence-electron chi connectivity index (χ3n) is 3.35. The topological polar surface area (TPSA) is 0 Å². The van der Waals surface area contributed by atoms with Crippen molar-refractivity contribution in [2.45, 2.75) is 13.8 Å². The molecule has 3 aromatic rings. The van der Waals surface area contributed by atoms with Crippen molar-refractivity contribution in [3.8, 4) is 0 Å². The van der Waals surface area contributed by atoms with Crippen LogP contribution in [0.15, 0.2) is 72.8 Å². The fourth-order valence-corrected chi connectivity index (χ4v) is 12.4. The summed E-state index contributed by atoms with van der Waals surface area (Å²) in [6.45, 7) is 4.30. The van der Waals surface area contributed by atoms with E-state index in [1.807, 2.05) is 0 Å². The summed E-state index contributed by atoms with van der Waals surface area (Å²) in [5.41, 5.74) is 2.69. The summed E-state index contributed by atoms with van der Waals surface area (Å²) in [7, 11) is 0. The predicted molar refractivity (Wildman–Crippen MR) is 105 cm³/mol. The molecule has 0 aliphatic carbocycles. The Morgan fingerprint density at radius 2 is 1.04 bits per heavy atom. The SMILES string of the molecule is Cc1ccc([Se][Se]c2ccccc2[Se]c2ccc(C)cc2)cc1. The second kappa shape index (κ2) is 8.36. The average molecular weight is 495 g/mol. The monoisotopic (exact) mass is 498 g/mol. The van der Waals surface area contributed by atoms with Crippen LogP contribution >= 0.6 is 0 Å². The van der Waals surface area contributed by atoms with Crippen molar-refractivity contribution in [2.24, 2.45) is 0 Å². The van der Waals surface area contributed by atoms with Crippen molar-refractivity contribution in [1.82, 2.24) is 0 Å². The summed E-state index contributed by atoms with van der Waals surface area (Å²) in [5.74, 6) is 0. The molecular weight excluding hydrogens is 477 g/mol. The standard InChI is InChI=1S/C20H18Se3/c1-15-7-11-17(12-8-15)21-19-5-3-4-6-20(19)23-22-18-13-9-16(2)10-14-18/h3-14H,1-2H3. The van der Waals surface area contributed by atoms with E-state index in [1.165, 1.54) is 20.1 Å². The first-order chi connectivity index (χ1) is 11.2. The molecule has 0 fully saturated rings. The molecular formula is C20H18Se3. The van der Waals surface area contributed by atoms with Gasteiger partial charge in [0, 0.05) is 0 Å². The first-order valence-electron chi connectivity index (χ1n) is 7.45. The molecule has 23 heavy (non-hydrogen) atoms. The van der Waals surface area contributed by atoms with E-state index in [1.54, 1.807) is 8.92 Å². The molecule has 0 spiro atoms. The van der Waals surface area contributed by atoms with Crippen LogP contribution in [0.4, 0.5) is 0 Å². The Balaban J connectivity index is 1.72. The quantitative estimate of drug-likeness (QED) is 0.468. The van der Waals surface area contributed by atoms with Crippen LogP contribution in [0.2, 0.25) is 0 Å². The van der Waals surface area contributed by atoms with Crippen LogP contribution in [0.25, 0.3) is 0 Å². The summed E-state index contributed by atoms with van der Waals surface area (Å²) < 4.78 is 6.12. The summed E-state index contributed by atoms with van der Waals surface area (Å²) in [5, 5.41) is 0. The van der Waals surface area contributed by atoms with Gasteiger partial charge in [0.15, 0.2) is 0 Å². The summed E-state index contributed by atoms with van der Waals surface area (Å²) >= 11 is 1.54. The Morgan fingerprint density at radius 3 is 1.65 bits per heavy atom. The van der Waals surface area contributed by atoms with Crippen molar-refractivity contribution in [3.63, 3.8) is 0 Å². The van der Waals surface area contributed by atoms with E-state index in [4.69, 9.17) is 0 Å². The molecule has 3 aromatic carbocycles. The maximum atomic E-state index is 2.33. The van der Waals surface area contributed by atoms with Gasteiger partial charge in [-0.3, -0.25) is 0 Å². The Bertz CT molecular complexity index is 762. The number of rotatable bonds is 5. The third-order valence-corrected chi connectivity index (χ3v) is 13.5. The summed E-state index contributed by atoms with van der Waals surface area (Å²) in [6, 6.07) is 27.1. The van der Waals surface area contributed by atoms with Gasteiger partial charge in [0.1, 0.15) is 0 Å².